The zero-order chi connectivity index (χ0) is 24.3. The molecule has 184 valence electrons. The normalized spacial score (nSPS) is 25.8. The van der Waals surface area contributed by atoms with Gasteiger partial charge in [-0.15, -0.1) is 0 Å². The highest BCUT2D eigenvalue weighted by Crippen LogP contribution is 2.50. The number of carbonyl (C=O) groups excluding carboxylic acids is 1. The van der Waals surface area contributed by atoms with Crippen LogP contribution in [0.5, 0.6) is 5.75 Å². The molecule has 3 unspecified atom stereocenters. The average Bonchev–Trinajstić information content (AvgIpc) is 3.39. The van der Waals surface area contributed by atoms with Crippen molar-refractivity contribution in [2.24, 2.45) is 17.3 Å². The molecule has 34 heavy (non-hydrogen) atoms. The number of nitrogens with zero attached hydrogens (tertiary/aromatic N) is 1. The van der Waals surface area contributed by atoms with E-state index in [-0.39, 0.29) is 6.10 Å². The number of benzene rings is 2. The molecule has 2 aliphatic carbocycles. The van der Waals surface area contributed by atoms with Gasteiger partial charge in [0.05, 0.1) is 6.61 Å². The number of carbonyl (C=O) groups is 1. The maximum absolute atomic E-state index is 13.5. The van der Waals surface area contributed by atoms with E-state index in [9.17, 15) is 9.90 Å². The van der Waals surface area contributed by atoms with Crippen LogP contribution in [0.4, 0.5) is 0 Å². The Bertz CT molecular complexity index is 942. The predicted octanol–water partition coefficient (Wildman–Crippen LogP) is 5.03. The first-order chi connectivity index (χ1) is 16.2. The van der Waals surface area contributed by atoms with Gasteiger partial charge >= 0.3 is 5.97 Å². The van der Waals surface area contributed by atoms with E-state index in [1.54, 1.807) is 12.1 Å². The smallest absolute Gasteiger partial charge is 0.343 e. The van der Waals surface area contributed by atoms with Gasteiger partial charge in [0.15, 0.2) is 5.60 Å². The molecule has 2 saturated carbocycles. The monoisotopic (exact) mass is 465 g/mol. The molecule has 2 aromatic rings. The first kappa shape index (κ1) is 24.7. The van der Waals surface area contributed by atoms with Crippen LogP contribution in [0.2, 0.25) is 0 Å². The molecule has 0 radical (unpaired) electrons. The van der Waals surface area contributed by atoms with Gasteiger partial charge in [-0.1, -0.05) is 69.3 Å². The summed E-state index contributed by atoms with van der Waals surface area (Å²) in [6.45, 7) is 7.29. The second-order valence-electron chi connectivity index (χ2n) is 11.0. The SMILES string of the molecule is CN(CCCOc1ccccc1)C1C2CC[C@@H]1C(OC(=O)[C@](O)(c1ccccc1)C(C)(C)C)C2. The van der Waals surface area contributed by atoms with Gasteiger partial charge in [0.1, 0.15) is 11.9 Å². The van der Waals surface area contributed by atoms with Crippen LogP contribution in [-0.2, 0) is 15.1 Å². The molecule has 0 spiro atoms. The van der Waals surface area contributed by atoms with Crippen molar-refractivity contribution in [3.8, 4) is 5.75 Å². The molecule has 0 amide bonds. The molecular formula is C29H39NO4. The molecule has 0 heterocycles. The lowest BCUT2D eigenvalue weighted by Crippen LogP contribution is -2.50. The first-order valence-electron chi connectivity index (χ1n) is 12.6. The van der Waals surface area contributed by atoms with E-state index < -0.39 is 17.0 Å². The molecule has 5 atom stereocenters. The van der Waals surface area contributed by atoms with Crippen LogP contribution >= 0.6 is 0 Å². The Labute approximate surface area is 204 Å². The quantitative estimate of drug-likeness (QED) is 0.416. The van der Waals surface area contributed by atoms with E-state index in [0.29, 0.717) is 30.0 Å². The maximum Gasteiger partial charge on any atom is 0.343 e. The number of aliphatic hydroxyl groups is 1. The van der Waals surface area contributed by atoms with Gasteiger partial charge in [-0.3, -0.25) is 0 Å². The number of fused-ring (bicyclic) bond motifs is 2. The number of ether oxygens (including phenoxy) is 2. The fourth-order valence-electron chi connectivity index (χ4n) is 5.99. The molecule has 0 aromatic heterocycles. The van der Waals surface area contributed by atoms with E-state index in [0.717, 1.165) is 31.6 Å². The van der Waals surface area contributed by atoms with Crippen molar-refractivity contribution in [3.63, 3.8) is 0 Å². The van der Waals surface area contributed by atoms with Crippen molar-refractivity contribution in [1.82, 2.24) is 4.90 Å². The fourth-order valence-corrected chi connectivity index (χ4v) is 5.99. The van der Waals surface area contributed by atoms with Crippen molar-refractivity contribution in [2.75, 3.05) is 20.2 Å². The lowest BCUT2D eigenvalue weighted by Gasteiger charge is -2.39. The van der Waals surface area contributed by atoms with Crippen LogP contribution in [0, 0.1) is 17.3 Å². The van der Waals surface area contributed by atoms with E-state index in [1.165, 1.54) is 6.42 Å². The summed E-state index contributed by atoms with van der Waals surface area (Å²) < 4.78 is 12.0. The van der Waals surface area contributed by atoms with Crippen molar-refractivity contribution < 1.29 is 19.4 Å². The third kappa shape index (κ3) is 4.87. The van der Waals surface area contributed by atoms with Crippen LogP contribution in [0.25, 0.3) is 0 Å². The lowest BCUT2D eigenvalue weighted by molar-refractivity contribution is -0.188. The molecule has 2 aromatic carbocycles. The Kier molecular flexibility index (Phi) is 7.34. The zero-order valence-electron chi connectivity index (χ0n) is 20.9. The summed E-state index contributed by atoms with van der Waals surface area (Å²) in [6, 6.07) is 19.5. The number of rotatable bonds is 9. The zero-order valence-corrected chi connectivity index (χ0v) is 20.9. The highest BCUT2D eigenvalue weighted by molar-refractivity contribution is 5.82. The maximum atomic E-state index is 13.5. The molecule has 0 aliphatic heterocycles. The minimum Gasteiger partial charge on any atom is -0.494 e. The van der Waals surface area contributed by atoms with Crippen LogP contribution < -0.4 is 4.74 Å². The van der Waals surface area contributed by atoms with E-state index in [1.807, 2.05) is 69.3 Å². The molecule has 1 N–H and O–H groups in total. The molecule has 5 nitrogen and oxygen atoms in total. The summed E-state index contributed by atoms with van der Waals surface area (Å²) in [6.07, 6.45) is 3.93. The molecular weight excluding hydrogens is 426 g/mol. The molecule has 2 fully saturated rings. The summed E-state index contributed by atoms with van der Waals surface area (Å²) in [5.41, 5.74) is -1.80. The lowest BCUT2D eigenvalue weighted by atomic mass is 9.72. The number of hydrogen-bond donors (Lipinski definition) is 1. The number of para-hydroxylation sites is 1. The molecule has 5 heteroatoms. The van der Waals surface area contributed by atoms with E-state index in [4.69, 9.17) is 9.47 Å². The van der Waals surface area contributed by atoms with Gasteiger partial charge in [-0.25, -0.2) is 4.79 Å². The third-order valence-corrected chi connectivity index (χ3v) is 7.81. The van der Waals surface area contributed by atoms with E-state index >= 15 is 0 Å². The van der Waals surface area contributed by atoms with Gasteiger partial charge in [0, 0.05) is 23.9 Å². The largest absolute Gasteiger partial charge is 0.494 e. The standard InChI is InChI=1S/C29H39NO4/c1-28(2,3)29(32,22-12-7-5-8-13-22)27(31)34-25-20-21-16-17-24(25)26(21)30(4)18-11-19-33-23-14-9-6-10-15-23/h5-10,12-15,21,24-26,32H,11,16-20H2,1-4H3/t21?,24-,25?,26?,29-/m1/s1. The summed E-state index contributed by atoms with van der Waals surface area (Å²) >= 11 is 0. The van der Waals surface area contributed by atoms with Gasteiger partial charge < -0.3 is 19.5 Å². The minimum absolute atomic E-state index is 0.142. The van der Waals surface area contributed by atoms with Crippen molar-refractivity contribution in [3.05, 3.63) is 66.2 Å². The highest BCUT2D eigenvalue weighted by Gasteiger charge is 2.55. The number of esters is 1. The number of hydrogen-bond acceptors (Lipinski definition) is 5. The van der Waals surface area contributed by atoms with Gasteiger partial charge in [-0.2, -0.15) is 0 Å². The predicted molar refractivity (Wildman–Crippen MR) is 133 cm³/mol. The molecule has 4 rings (SSSR count). The Morgan fingerprint density at radius 3 is 2.32 bits per heavy atom. The minimum atomic E-state index is -1.69. The average molecular weight is 466 g/mol. The van der Waals surface area contributed by atoms with Crippen LogP contribution in [0.1, 0.15) is 52.0 Å². The first-order valence-corrected chi connectivity index (χ1v) is 12.6. The Morgan fingerprint density at radius 1 is 1.03 bits per heavy atom. The summed E-state index contributed by atoms with van der Waals surface area (Å²) in [5, 5.41) is 11.6. The fraction of sp³-hybridized carbons (Fsp3) is 0.552. The molecule has 0 saturated heterocycles. The van der Waals surface area contributed by atoms with Gasteiger partial charge in [0.25, 0.3) is 0 Å². The Balaban J connectivity index is 1.36. The molecule has 2 aliphatic rings. The van der Waals surface area contributed by atoms with E-state index in [2.05, 4.69) is 11.9 Å². The second-order valence-corrected chi connectivity index (χ2v) is 11.0. The van der Waals surface area contributed by atoms with Crippen molar-refractivity contribution in [2.45, 2.75) is 64.2 Å². The Morgan fingerprint density at radius 2 is 1.68 bits per heavy atom. The summed E-state index contributed by atoms with van der Waals surface area (Å²) in [7, 11) is 2.18. The van der Waals surface area contributed by atoms with Gasteiger partial charge in [-0.05, 0) is 56.3 Å². The summed E-state index contributed by atoms with van der Waals surface area (Å²) in [5.74, 6) is 1.22. The third-order valence-electron chi connectivity index (χ3n) is 7.81. The van der Waals surface area contributed by atoms with Gasteiger partial charge in [0.2, 0.25) is 0 Å². The summed E-state index contributed by atoms with van der Waals surface area (Å²) in [4.78, 5) is 15.9. The second kappa shape index (κ2) is 10.1. The van der Waals surface area contributed by atoms with Crippen molar-refractivity contribution >= 4 is 5.97 Å². The van der Waals surface area contributed by atoms with Crippen molar-refractivity contribution in [1.29, 1.82) is 0 Å². The topological polar surface area (TPSA) is 59.0 Å². The van der Waals surface area contributed by atoms with Crippen LogP contribution in [0.3, 0.4) is 0 Å². The van der Waals surface area contributed by atoms with Crippen LogP contribution in [0.15, 0.2) is 60.7 Å². The van der Waals surface area contributed by atoms with Crippen LogP contribution in [-0.4, -0.2) is 48.3 Å². The Hall–Kier alpha value is -2.37. The molecule has 2 bridgehead atoms. The highest BCUT2D eigenvalue weighted by atomic mass is 16.6.